The summed E-state index contributed by atoms with van der Waals surface area (Å²) >= 11 is 1.50. The van der Waals surface area contributed by atoms with Crippen LogP contribution in [0.5, 0.6) is 0 Å². The molecule has 0 aliphatic carbocycles. The number of aromatic nitrogens is 1. The van der Waals surface area contributed by atoms with Gasteiger partial charge in [0, 0.05) is 13.6 Å². The zero-order chi connectivity index (χ0) is 15.4. The molecule has 110 valence electrons. The first-order valence-corrected chi connectivity index (χ1v) is 7.92. The fourth-order valence-electron chi connectivity index (χ4n) is 2.30. The van der Waals surface area contributed by atoms with Gasteiger partial charge in [-0.05, 0) is 11.1 Å². The van der Waals surface area contributed by atoms with E-state index in [9.17, 15) is 4.79 Å². The topological polar surface area (TPSA) is 33.2 Å². The van der Waals surface area contributed by atoms with Crippen molar-refractivity contribution in [3.63, 3.8) is 0 Å². The Morgan fingerprint density at radius 1 is 1.05 bits per heavy atom. The highest BCUT2D eigenvalue weighted by Crippen LogP contribution is 2.28. The van der Waals surface area contributed by atoms with Crippen LogP contribution in [0.2, 0.25) is 0 Å². The molecule has 0 aliphatic rings. The van der Waals surface area contributed by atoms with Gasteiger partial charge in [-0.2, -0.15) is 0 Å². The van der Waals surface area contributed by atoms with Gasteiger partial charge in [-0.1, -0.05) is 60.7 Å². The maximum Gasteiger partial charge on any atom is 0.274 e. The molecule has 3 rings (SSSR count). The summed E-state index contributed by atoms with van der Waals surface area (Å²) in [4.78, 5) is 19.6. The van der Waals surface area contributed by atoms with Gasteiger partial charge >= 0.3 is 0 Å². The molecule has 3 aromatic rings. The Kier molecular flexibility index (Phi) is 4.30. The fraction of sp³-hybridized carbons (Fsp3) is 0.111. The van der Waals surface area contributed by atoms with E-state index in [2.05, 4.69) is 4.98 Å². The molecule has 2 aromatic carbocycles. The van der Waals surface area contributed by atoms with Crippen LogP contribution in [0, 0.1) is 0 Å². The van der Waals surface area contributed by atoms with Crippen molar-refractivity contribution < 1.29 is 4.79 Å². The molecule has 1 aromatic heterocycles. The first-order chi connectivity index (χ1) is 10.8. The zero-order valence-electron chi connectivity index (χ0n) is 12.3. The summed E-state index contributed by atoms with van der Waals surface area (Å²) in [7, 11) is 1.81. The van der Waals surface area contributed by atoms with Crippen molar-refractivity contribution in [1.82, 2.24) is 9.88 Å². The van der Waals surface area contributed by atoms with E-state index in [0.29, 0.717) is 12.2 Å². The lowest BCUT2D eigenvalue weighted by Crippen LogP contribution is -2.26. The molecule has 0 fully saturated rings. The van der Waals surface area contributed by atoms with Crippen molar-refractivity contribution in [2.24, 2.45) is 0 Å². The molecule has 0 spiro atoms. The average Bonchev–Trinajstić information content (AvgIpc) is 3.05. The highest BCUT2D eigenvalue weighted by molar-refractivity contribution is 7.13. The Bertz CT molecular complexity index is 753. The van der Waals surface area contributed by atoms with E-state index in [-0.39, 0.29) is 5.91 Å². The van der Waals surface area contributed by atoms with Gasteiger partial charge in [0.1, 0.15) is 5.69 Å². The van der Waals surface area contributed by atoms with Gasteiger partial charge in [0.05, 0.1) is 10.4 Å². The number of hydrogen-bond acceptors (Lipinski definition) is 3. The lowest BCUT2D eigenvalue weighted by atomic mass is 10.1. The van der Waals surface area contributed by atoms with E-state index in [4.69, 9.17) is 0 Å². The van der Waals surface area contributed by atoms with Crippen LogP contribution in [0.15, 0.2) is 66.2 Å². The predicted octanol–water partition coefficient (Wildman–Crippen LogP) is 4.08. The summed E-state index contributed by atoms with van der Waals surface area (Å²) in [5.74, 6) is -0.0519. The number of benzene rings is 2. The summed E-state index contributed by atoms with van der Waals surface area (Å²) in [6.45, 7) is 0.575. The van der Waals surface area contributed by atoms with Crippen LogP contribution < -0.4 is 0 Å². The van der Waals surface area contributed by atoms with Crippen molar-refractivity contribution in [1.29, 1.82) is 0 Å². The van der Waals surface area contributed by atoms with Gasteiger partial charge in [-0.3, -0.25) is 4.79 Å². The van der Waals surface area contributed by atoms with Crippen molar-refractivity contribution >= 4 is 17.2 Å². The smallest absolute Gasteiger partial charge is 0.274 e. The summed E-state index contributed by atoms with van der Waals surface area (Å²) in [6.07, 6.45) is 0. The third-order valence-electron chi connectivity index (χ3n) is 3.42. The van der Waals surface area contributed by atoms with Crippen LogP contribution >= 0.6 is 11.3 Å². The van der Waals surface area contributed by atoms with Crippen LogP contribution in [0.3, 0.4) is 0 Å². The molecule has 0 saturated heterocycles. The van der Waals surface area contributed by atoms with Crippen LogP contribution in [0.25, 0.3) is 10.4 Å². The second-order valence-corrected chi connectivity index (χ2v) is 5.90. The summed E-state index contributed by atoms with van der Waals surface area (Å²) in [6, 6.07) is 19.9. The van der Waals surface area contributed by atoms with E-state index < -0.39 is 0 Å². The maximum atomic E-state index is 12.7. The monoisotopic (exact) mass is 308 g/mol. The molecular weight excluding hydrogens is 292 g/mol. The minimum atomic E-state index is -0.0519. The second kappa shape index (κ2) is 6.54. The largest absolute Gasteiger partial charge is 0.336 e. The minimum Gasteiger partial charge on any atom is -0.336 e. The second-order valence-electron chi connectivity index (χ2n) is 5.04. The van der Waals surface area contributed by atoms with E-state index in [1.54, 1.807) is 10.4 Å². The maximum absolute atomic E-state index is 12.7. The third-order valence-corrected chi connectivity index (χ3v) is 4.29. The first kappa shape index (κ1) is 14.5. The first-order valence-electron chi connectivity index (χ1n) is 7.04. The molecule has 22 heavy (non-hydrogen) atoms. The number of hydrogen-bond donors (Lipinski definition) is 0. The van der Waals surface area contributed by atoms with Gasteiger partial charge < -0.3 is 4.90 Å². The average molecular weight is 308 g/mol. The van der Waals surface area contributed by atoms with Crippen molar-refractivity contribution in [2.75, 3.05) is 7.05 Å². The van der Waals surface area contributed by atoms with Crippen LogP contribution in [0.1, 0.15) is 16.1 Å². The van der Waals surface area contributed by atoms with Gasteiger partial charge in [0.25, 0.3) is 5.91 Å². The van der Waals surface area contributed by atoms with Crippen LogP contribution in [-0.4, -0.2) is 22.8 Å². The number of carbonyl (C=O) groups is 1. The SMILES string of the molecule is CN(Cc1ccccc1)C(=O)c1ncsc1-c1ccccc1. The number of rotatable bonds is 4. The molecule has 0 atom stereocenters. The molecule has 0 unspecified atom stereocenters. The van der Waals surface area contributed by atoms with Crippen molar-refractivity contribution in [2.45, 2.75) is 6.54 Å². The molecule has 0 aliphatic heterocycles. The molecular formula is C18H16N2OS. The fourth-order valence-corrected chi connectivity index (χ4v) is 3.09. The van der Waals surface area contributed by atoms with Gasteiger partial charge in [0.15, 0.2) is 0 Å². The van der Waals surface area contributed by atoms with Gasteiger partial charge in [-0.25, -0.2) is 4.98 Å². The molecule has 0 saturated carbocycles. The van der Waals surface area contributed by atoms with Crippen molar-refractivity contribution in [3.05, 3.63) is 77.4 Å². The molecule has 3 nitrogen and oxygen atoms in total. The Morgan fingerprint density at radius 3 is 2.36 bits per heavy atom. The highest BCUT2D eigenvalue weighted by atomic mass is 32.1. The summed E-state index contributed by atoms with van der Waals surface area (Å²) < 4.78 is 0. The van der Waals surface area contributed by atoms with Crippen LogP contribution in [-0.2, 0) is 6.54 Å². The lowest BCUT2D eigenvalue weighted by Gasteiger charge is -2.17. The number of carbonyl (C=O) groups excluding carboxylic acids is 1. The van der Waals surface area contributed by atoms with Crippen LogP contribution in [0.4, 0.5) is 0 Å². The van der Waals surface area contributed by atoms with E-state index >= 15 is 0 Å². The summed E-state index contributed by atoms with van der Waals surface area (Å²) in [5, 5.41) is 0. The normalized spacial score (nSPS) is 10.4. The number of amides is 1. The minimum absolute atomic E-state index is 0.0519. The Hall–Kier alpha value is -2.46. The molecule has 1 heterocycles. The molecule has 1 amide bonds. The number of thiazole rings is 1. The molecule has 4 heteroatoms. The summed E-state index contributed by atoms with van der Waals surface area (Å²) in [5.41, 5.74) is 4.39. The van der Waals surface area contributed by atoms with Crippen molar-refractivity contribution in [3.8, 4) is 10.4 Å². The quantitative estimate of drug-likeness (QED) is 0.727. The van der Waals surface area contributed by atoms with E-state index in [1.807, 2.05) is 67.7 Å². The standard InChI is InChI=1S/C18H16N2OS/c1-20(12-14-8-4-2-5-9-14)18(21)16-17(22-13-19-16)15-10-6-3-7-11-15/h2-11,13H,12H2,1H3. The zero-order valence-corrected chi connectivity index (χ0v) is 13.1. The Labute approximate surface area is 133 Å². The van der Waals surface area contributed by atoms with E-state index in [0.717, 1.165) is 16.0 Å². The lowest BCUT2D eigenvalue weighted by molar-refractivity contribution is 0.0781. The predicted molar refractivity (Wildman–Crippen MR) is 89.8 cm³/mol. The molecule has 0 N–H and O–H groups in total. The van der Waals surface area contributed by atoms with Gasteiger partial charge in [-0.15, -0.1) is 11.3 Å². The van der Waals surface area contributed by atoms with E-state index in [1.165, 1.54) is 11.3 Å². The third kappa shape index (κ3) is 3.07. The molecule has 0 bridgehead atoms. The highest BCUT2D eigenvalue weighted by Gasteiger charge is 2.19. The van der Waals surface area contributed by atoms with Gasteiger partial charge in [0.2, 0.25) is 0 Å². The Balaban J connectivity index is 1.83. The Morgan fingerprint density at radius 2 is 1.68 bits per heavy atom. The molecule has 0 radical (unpaired) electrons. The number of nitrogens with zero attached hydrogens (tertiary/aromatic N) is 2.